The van der Waals surface area contributed by atoms with E-state index in [1.165, 1.54) is 29.8 Å². The van der Waals surface area contributed by atoms with Crippen LogP contribution in [0.2, 0.25) is 0 Å². The summed E-state index contributed by atoms with van der Waals surface area (Å²) in [6.07, 6.45) is 0.677. The van der Waals surface area contributed by atoms with Gasteiger partial charge in [-0.3, -0.25) is 14.4 Å². The molecule has 8 rings (SSSR count). The van der Waals surface area contributed by atoms with Gasteiger partial charge in [-0.1, -0.05) is 195 Å². The summed E-state index contributed by atoms with van der Waals surface area (Å²) in [5.74, 6) is -1.39. The van der Waals surface area contributed by atoms with Crippen molar-refractivity contribution in [3.05, 3.63) is 252 Å². The summed E-state index contributed by atoms with van der Waals surface area (Å²) in [4.78, 5) is 33.3. The zero-order chi connectivity index (χ0) is 49.8. The molecule has 0 radical (unpaired) electrons. The molecule has 4 N–H and O–H groups in total. The molecule has 362 valence electrons. The van der Waals surface area contributed by atoms with E-state index in [0.29, 0.717) is 19.5 Å². The van der Waals surface area contributed by atoms with Crippen LogP contribution in [0.4, 0.5) is 8.78 Å². The van der Waals surface area contributed by atoms with E-state index in [9.17, 15) is 23.2 Å². The first-order valence-corrected chi connectivity index (χ1v) is 24.5. The van der Waals surface area contributed by atoms with Crippen LogP contribution in [0, 0.1) is 11.6 Å². The van der Waals surface area contributed by atoms with Gasteiger partial charge in [0.2, 0.25) is 20.4 Å². The number of carbonyl (C=O) groups is 3. The maximum Gasteiger partial charge on any atom is 0.307 e. The highest BCUT2D eigenvalue weighted by Gasteiger charge is 2.06. The standard InChI is InChI=1S/C21H18FNO.C14H11ClO.C14H12O2.C7H8FN.CH4.Cl2OS/c22-20-8-4-5-17(13-20)15-23-21(24)14-16-9-11-19(12-10-16)18-6-2-1-3-7-18;2*15-14(16)10-11-6-8-13(9-7-11)12-4-2-1-3-5-12;8-7-3-1-2-6(4-7)5-9;;1-4(2)3/h1-13H,14-15H2,(H,23,24);1-9H,10H2;1-9H,10H2,(H,15,16);1-4H,5,9H2;1H4;. The molecule has 13 heteroatoms. The number of carboxylic acid groups (broad SMARTS) is 1. The van der Waals surface area contributed by atoms with Crippen LogP contribution in [0.3, 0.4) is 0 Å². The smallest absolute Gasteiger partial charge is 0.307 e. The van der Waals surface area contributed by atoms with E-state index in [4.69, 9.17) is 26.7 Å². The van der Waals surface area contributed by atoms with Crippen LogP contribution in [-0.4, -0.2) is 26.4 Å². The summed E-state index contributed by atoms with van der Waals surface area (Å²) in [6.45, 7) is 0.733. The van der Waals surface area contributed by atoms with Gasteiger partial charge in [0.15, 0.2) is 0 Å². The van der Waals surface area contributed by atoms with Crippen LogP contribution in [0.25, 0.3) is 33.4 Å². The van der Waals surface area contributed by atoms with Gasteiger partial charge in [-0.2, -0.15) is 0 Å². The summed E-state index contributed by atoms with van der Waals surface area (Å²) in [6, 6.07) is 66.2. The highest BCUT2D eigenvalue weighted by atomic mass is 36.0. The number of benzene rings is 8. The van der Waals surface area contributed by atoms with Gasteiger partial charge in [-0.15, -0.1) is 0 Å². The van der Waals surface area contributed by atoms with E-state index < -0.39 is 15.2 Å². The van der Waals surface area contributed by atoms with Crippen molar-refractivity contribution in [1.82, 2.24) is 5.32 Å². The van der Waals surface area contributed by atoms with E-state index in [0.717, 1.165) is 55.6 Å². The fourth-order valence-electron chi connectivity index (χ4n) is 6.43. The van der Waals surface area contributed by atoms with Crippen LogP contribution >= 0.6 is 33.0 Å². The number of hydrogen-bond donors (Lipinski definition) is 3. The Morgan fingerprint density at radius 1 is 0.471 bits per heavy atom. The maximum atomic E-state index is 13.1. The van der Waals surface area contributed by atoms with Crippen molar-refractivity contribution in [2.24, 2.45) is 5.73 Å². The normalized spacial score (nSPS) is 9.87. The lowest BCUT2D eigenvalue weighted by Gasteiger charge is -2.07. The Bertz CT molecular complexity index is 2710. The number of nitrogens with two attached hydrogens (primary N) is 1. The highest BCUT2D eigenvalue weighted by molar-refractivity contribution is 8.26. The van der Waals surface area contributed by atoms with Gasteiger partial charge < -0.3 is 16.2 Å². The zero-order valence-electron chi connectivity index (χ0n) is 37.2. The largest absolute Gasteiger partial charge is 0.481 e. The van der Waals surface area contributed by atoms with Crippen LogP contribution in [0.1, 0.15) is 35.2 Å². The van der Waals surface area contributed by atoms with Gasteiger partial charge >= 0.3 is 5.97 Å². The molecule has 0 spiro atoms. The Labute approximate surface area is 425 Å². The number of halogens is 5. The van der Waals surface area contributed by atoms with Crippen molar-refractivity contribution in [3.8, 4) is 33.4 Å². The van der Waals surface area contributed by atoms with Crippen molar-refractivity contribution < 1.29 is 32.5 Å². The molecule has 0 unspecified atom stereocenters. The first-order chi connectivity index (χ1) is 33.3. The number of hydrogen-bond acceptors (Lipinski definition) is 5. The number of carbonyl (C=O) groups excluding carboxylic acids is 2. The molecule has 0 aliphatic carbocycles. The number of carboxylic acids is 1. The summed E-state index contributed by atoms with van der Waals surface area (Å²) in [5, 5.41) is 11.1. The molecule has 8 aromatic carbocycles. The van der Waals surface area contributed by atoms with Crippen molar-refractivity contribution in [2.75, 3.05) is 0 Å². The average Bonchev–Trinajstić information content (AvgIpc) is 3.35. The lowest BCUT2D eigenvalue weighted by Crippen LogP contribution is -2.24. The SMILES string of the molecule is C.NCc1cccc(F)c1.O=C(Cc1ccc(-c2ccccc2)cc1)NCc1cccc(F)c1.O=C(Cl)Cc1ccc(-c2ccccc2)cc1.O=C(O)Cc1ccc(-c2ccccc2)cc1.O=S(Cl)Cl. The molecule has 0 bridgehead atoms. The minimum atomic E-state index is -1.67. The summed E-state index contributed by atoms with van der Waals surface area (Å²) < 4.78 is 34.5. The van der Waals surface area contributed by atoms with Crippen LogP contribution < -0.4 is 11.1 Å². The van der Waals surface area contributed by atoms with E-state index in [2.05, 4.69) is 50.9 Å². The minimum absolute atomic E-state index is 0. The van der Waals surface area contributed by atoms with Gasteiger partial charge in [0.1, 0.15) is 11.6 Å². The van der Waals surface area contributed by atoms with E-state index in [1.54, 1.807) is 24.3 Å². The Morgan fingerprint density at radius 3 is 1.13 bits per heavy atom. The van der Waals surface area contributed by atoms with Crippen molar-refractivity contribution >= 4 is 59.3 Å². The molecule has 1 amide bonds. The summed E-state index contributed by atoms with van der Waals surface area (Å²) in [7, 11) is 7.36. The maximum absolute atomic E-state index is 13.1. The van der Waals surface area contributed by atoms with Gasteiger partial charge in [0, 0.05) is 40.9 Å². The van der Waals surface area contributed by atoms with Gasteiger partial charge in [-0.05, 0) is 97.1 Å². The molecule has 0 aromatic heterocycles. The van der Waals surface area contributed by atoms with E-state index in [1.807, 2.05) is 140 Å². The lowest BCUT2D eigenvalue weighted by atomic mass is 10.0. The average molecular weight is 1020 g/mol. The minimum Gasteiger partial charge on any atom is -0.481 e. The fourth-order valence-corrected chi connectivity index (χ4v) is 6.59. The molecule has 0 saturated carbocycles. The Morgan fingerprint density at radius 2 is 0.800 bits per heavy atom. The first kappa shape index (κ1) is 57.5. The number of rotatable bonds is 12. The third-order valence-electron chi connectivity index (χ3n) is 9.75. The predicted octanol–water partition coefficient (Wildman–Crippen LogP) is 14.0. The second kappa shape index (κ2) is 32.1. The van der Waals surface area contributed by atoms with Crippen LogP contribution in [0.5, 0.6) is 0 Å². The number of nitrogens with one attached hydrogen (secondary N) is 1. The zero-order valence-corrected chi connectivity index (χ0v) is 40.3. The molecule has 8 aromatic rings. The monoisotopic (exact) mass is 1020 g/mol. The van der Waals surface area contributed by atoms with Gasteiger partial charge in [0.25, 0.3) is 0 Å². The fraction of sp³-hybridized carbons (Fsp3) is 0.105. The molecule has 70 heavy (non-hydrogen) atoms. The third-order valence-corrected chi connectivity index (χ3v) is 9.88. The van der Waals surface area contributed by atoms with Crippen molar-refractivity contribution in [2.45, 2.75) is 39.8 Å². The molecule has 0 aliphatic rings. The number of aliphatic carboxylic acids is 1. The first-order valence-electron chi connectivity index (χ1n) is 21.3. The van der Waals surface area contributed by atoms with Gasteiger partial charge in [0.05, 0.1) is 12.8 Å². The molecule has 0 saturated heterocycles. The second-order valence-corrected chi connectivity index (χ2v) is 17.8. The Kier molecular flexibility index (Phi) is 26.4. The van der Waals surface area contributed by atoms with Crippen molar-refractivity contribution in [3.63, 3.8) is 0 Å². The molecule has 0 heterocycles. The summed E-state index contributed by atoms with van der Waals surface area (Å²) in [5.41, 5.74) is 16.4. The predicted molar refractivity (Wildman–Crippen MR) is 284 cm³/mol. The Balaban J connectivity index is 0.000000250. The Hall–Kier alpha value is -6.79. The molecule has 0 fully saturated rings. The molecular formula is C57H53Cl3F2N2O5S. The lowest BCUT2D eigenvalue weighted by molar-refractivity contribution is -0.136. The topological polar surface area (TPSA) is 127 Å². The van der Waals surface area contributed by atoms with E-state index in [-0.39, 0.29) is 43.1 Å². The van der Waals surface area contributed by atoms with Crippen LogP contribution in [-0.2, 0) is 56.0 Å². The molecule has 0 atom stereocenters. The van der Waals surface area contributed by atoms with Gasteiger partial charge in [-0.25, -0.2) is 13.0 Å². The molecule has 7 nitrogen and oxygen atoms in total. The van der Waals surface area contributed by atoms with Crippen molar-refractivity contribution in [1.29, 1.82) is 0 Å². The van der Waals surface area contributed by atoms with Crippen LogP contribution in [0.15, 0.2) is 212 Å². The van der Waals surface area contributed by atoms with E-state index >= 15 is 0 Å². The highest BCUT2D eigenvalue weighted by Crippen LogP contribution is 2.22. The molecular weight excluding hydrogens is 969 g/mol. The second-order valence-electron chi connectivity index (χ2n) is 14.9. The quantitative estimate of drug-likeness (QED) is 0.105. The summed E-state index contributed by atoms with van der Waals surface area (Å²) >= 11 is 5.33. The third kappa shape index (κ3) is 23.0. The molecule has 0 aliphatic heterocycles. The number of amides is 1.